The number of hydrogen-bond donors (Lipinski definition) is 5. The topological polar surface area (TPSA) is 146 Å². The molecule has 2 saturated heterocycles. The van der Waals surface area contributed by atoms with Gasteiger partial charge in [0.15, 0.2) is 0 Å². The molecule has 0 radical (unpaired) electrons. The maximum atomic E-state index is 13.5. The van der Waals surface area contributed by atoms with E-state index in [-0.39, 0.29) is 48.2 Å². The van der Waals surface area contributed by atoms with Crippen LogP contribution in [0.4, 0.5) is 18.0 Å². The quantitative estimate of drug-likeness (QED) is 0.0558. The molecule has 3 aromatic rings. The highest BCUT2D eigenvalue weighted by molar-refractivity contribution is 8.00. The van der Waals surface area contributed by atoms with Crippen LogP contribution in [-0.2, 0) is 27.1 Å². The van der Waals surface area contributed by atoms with Crippen LogP contribution in [0.2, 0.25) is 10.0 Å². The Bertz CT molecular complexity index is 1790. The number of halogens is 5. The van der Waals surface area contributed by atoms with Crippen LogP contribution in [0.1, 0.15) is 68.2 Å². The summed E-state index contributed by atoms with van der Waals surface area (Å²) in [6, 6.07) is 8.29. The third kappa shape index (κ3) is 10.8. The second kappa shape index (κ2) is 17.5. The number of nitrogens with zero attached hydrogens (tertiary/aromatic N) is 2. The molecule has 2 aliphatic rings. The van der Waals surface area contributed by atoms with Gasteiger partial charge in [0.2, 0.25) is 11.8 Å². The Morgan fingerprint density at radius 2 is 1.76 bits per heavy atom. The number of thioether (sulfide) groups is 1. The molecule has 2 fully saturated rings. The first kappa shape index (κ1) is 38.3. The Morgan fingerprint density at radius 1 is 0.980 bits per heavy atom. The third-order valence-electron chi connectivity index (χ3n) is 8.64. The van der Waals surface area contributed by atoms with Gasteiger partial charge in [0, 0.05) is 51.9 Å². The molecule has 0 saturated carbocycles. The first-order valence-electron chi connectivity index (χ1n) is 16.6. The summed E-state index contributed by atoms with van der Waals surface area (Å²) in [5.41, 5.74) is 4.81. The zero-order valence-corrected chi connectivity index (χ0v) is 29.8. The number of carbonyl (C=O) groups is 4. The zero-order valence-electron chi connectivity index (χ0n) is 27.5. The van der Waals surface area contributed by atoms with Crippen molar-refractivity contribution in [3.63, 3.8) is 0 Å². The average Bonchev–Trinajstić information content (AvgIpc) is 3.75. The van der Waals surface area contributed by atoms with Gasteiger partial charge < -0.3 is 16.0 Å². The van der Waals surface area contributed by atoms with Crippen LogP contribution in [0, 0.1) is 0 Å². The normalized spacial score (nSPS) is 18.5. The van der Waals surface area contributed by atoms with Crippen molar-refractivity contribution < 1.29 is 32.3 Å². The summed E-state index contributed by atoms with van der Waals surface area (Å²) in [5, 5.41) is 14.7. The summed E-state index contributed by atoms with van der Waals surface area (Å²) in [6.07, 6.45) is 3.14. The minimum Gasteiger partial charge on any atom is -0.356 e. The average molecular weight is 769 g/mol. The molecule has 11 nitrogen and oxygen atoms in total. The molecule has 0 bridgehead atoms. The second-order valence-electron chi connectivity index (χ2n) is 12.4. The van der Waals surface area contributed by atoms with Crippen LogP contribution in [0.15, 0.2) is 42.5 Å². The molecule has 1 aromatic heterocycles. The van der Waals surface area contributed by atoms with Crippen LogP contribution >= 0.6 is 35.0 Å². The molecule has 3 heterocycles. The Morgan fingerprint density at radius 3 is 2.55 bits per heavy atom. The van der Waals surface area contributed by atoms with Gasteiger partial charge in [0.25, 0.3) is 5.91 Å². The highest BCUT2D eigenvalue weighted by Crippen LogP contribution is 2.34. The van der Waals surface area contributed by atoms with Crippen molar-refractivity contribution in [2.75, 3.05) is 12.3 Å². The van der Waals surface area contributed by atoms with E-state index in [1.54, 1.807) is 12.1 Å². The van der Waals surface area contributed by atoms with Crippen LogP contribution in [0.5, 0.6) is 0 Å². The SMILES string of the molecule is O=C(/C=C/c1nn(Cc2ccc(Cl)cc2Cl)c2cc(C(F)(F)F)ccc12)NNC(=O)CCCCCNC(=O)CCCCC1SC[C@@H]2NC(=O)N[C@H]12. The lowest BCUT2D eigenvalue weighted by molar-refractivity contribution is -0.137. The molecule has 3 atom stereocenters. The fourth-order valence-corrected chi connectivity index (χ4v) is 8.01. The molecule has 5 amide bonds. The van der Waals surface area contributed by atoms with Crippen LogP contribution < -0.4 is 26.8 Å². The number of aromatic nitrogens is 2. The van der Waals surface area contributed by atoms with Gasteiger partial charge >= 0.3 is 12.2 Å². The molecule has 5 rings (SSSR count). The van der Waals surface area contributed by atoms with Crippen molar-refractivity contribution in [3.8, 4) is 0 Å². The molecule has 0 spiro atoms. The summed E-state index contributed by atoms with van der Waals surface area (Å²) < 4.78 is 41.8. The first-order valence-corrected chi connectivity index (χ1v) is 18.4. The smallest absolute Gasteiger partial charge is 0.356 e. The van der Waals surface area contributed by atoms with E-state index in [4.69, 9.17) is 23.2 Å². The summed E-state index contributed by atoms with van der Waals surface area (Å²) in [4.78, 5) is 48.3. The standard InChI is InChI=1S/C34H38Cl2F3N7O4S/c35-22-11-9-20(24(36)17-22)18-46-27-16-21(34(37,38)39)10-12-23(27)25(45-46)13-14-31(49)44-43-30(48)8-2-1-5-15-40-29(47)7-4-3-6-28-32-26(19-51-28)41-33(50)42-32/h9-14,16-17,26,28,32H,1-8,15,18-19H2,(H,40,47)(H,43,48)(H,44,49)(H2,41,42,50)/b14-13+/t26-,28?,32-/m0/s1. The molecule has 2 aromatic carbocycles. The molecular formula is C34H38Cl2F3N7O4S. The van der Waals surface area contributed by atoms with E-state index >= 15 is 0 Å². The number of unbranched alkanes of at least 4 members (excludes halogenated alkanes) is 3. The van der Waals surface area contributed by atoms with E-state index in [0.717, 1.165) is 43.2 Å². The number of fused-ring (bicyclic) bond motifs is 2. The molecule has 274 valence electrons. The van der Waals surface area contributed by atoms with Gasteiger partial charge in [0.05, 0.1) is 35.4 Å². The summed E-state index contributed by atoms with van der Waals surface area (Å²) >= 11 is 14.1. The third-order valence-corrected chi connectivity index (χ3v) is 10.7. The molecule has 5 N–H and O–H groups in total. The van der Waals surface area contributed by atoms with E-state index in [0.29, 0.717) is 58.5 Å². The van der Waals surface area contributed by atoms with Gasteiger partial charge in [-0.2, -0.15) is 30.0 Å². The van der Waals surface area contributed by atoms with Gasteiger partial charge in [0.1, 0.15) is 0 Å². The molecule has 17 heteroatoms. The largest absolute Gasteiger partial charge is 0.416 e. The lowest BCUT2D eigenvalue weighted by Gasteiger charge is -2.16. The Hall–Kier alpha value is -3.95. The van der Waals surface area contributed by atoms with Crippen molar-refractivity contribution in [1.82, 2.24) is 36.6 Å². The number of benzene rings is 2. The van der Waals surface area contributed by atoms with E-state index < -0.39 is 23.6 Å². The van der Waals surface area contributed by atoms with E-state index in [1.807, 2.05) is 11.8 Å². The van der Waals surface area contributed by atoms with Crippen LogP contribution in [-0.4, -0.2) is 63.2 Å². The minimum atomic E-state index is -4.57. The van der Waals surface area contributed by atoms with Crippen LogP contribution in [0.25, 0.3) is 17.0 Å². The fourth-order valence-electron chi connectivity index (χ4n) is 6.00. The van der Waals surface area contributed by atoms with Crippen molar-refractivity contribution in [2.45, 2.75) is 81.4 Å². The van der Waals surface area contributed by atoms with Gasteiger partial charge in [-0.05, 0) is 67.7 Å². The number of urea groups is 1. The van der Waals surface area contributed by atoms with Crippen molar-refractivity contribution in [1.29, 1.82) is 0 Å². The Balaban J connectivity index is 0.992. The van der Waals surface area contributed by atoms with Crippen molar-refractivity contribution in [3.05, 3.63) is 69.3 Å². The summed E-state index contributed by atoms with van der Waals surface area (Å²) in [5.74, 6) is -0.141. The van der Waals surface area contributed by atoms with Gasteiger partial charge in [-0.25, -0.2) is 4.79 Å². The number of rotatable bonds is 15. The number of hydrogen-bond acceptors (Lipinski definition) is 6. The first-order chi connectivity index (χ1) is 24.4. The lowest BCUT2D eigenvalue weighted by Crippen LogP contribution is -2.40. The molecular weight excluding hydrogens is 730 g/mol. The molecule has 0 aliphatic carbocycles. The maximum absolute atomic E-state index is 13.5. The fraction of sp³-hybridized carbons (Fsp3) is 0.441. The Kier molecular flexibility index (Phi) is 13.1. The van der Waals surface area contributed by atoms with Crippen LogP contribution in [0.3, 0.4) is 0 Å². The second-order valence-corrected chi connectivity index (χ2v) is 14.5. The number of alkyl halides is 3. The number of amides is 5. The highest BCUT2D eigenvalue weighted by Gasteiger charge is 2.42. The highest BCUT2D eigenvalue weighted by atomic mass is 35.5. The van der Waals surface area contributed by atoms with Crippen molar-refractivity contribution in [2.24, 2.45) is 0 Å². The minimum absolute atomic E-state index is 0.00641. The molecule has 2 aliphatic heterocycles. The summed E-state index contributed by atoms with van der Waals surface area (Å²) in [6.45, 7) is 0.565. The Labute approximate surface area is 306 Å². The zero-order chi connectivity index (χ0) is 36.5. The molecule has 1 unspecified atom stereocenters. The monoisotopic (exact) mass is 767 g/mol. The van der Waals surface area contributed by atoms with Gasteiger partial charge in [-0.1, -0.05) is 42.1 Å². The van der Waals surface area contributed by atoms with Gasteiger partial charge in [-0.15, -0.1) is 0 Å². The lowest BCUT2D eigenvalue weighted by atomic mass is 10.0. The van der Waals surface area contributed by atoms with Crippen molar-refractivity contribution >= 4 is 75.7 Å². The van der Waals surface area contributed by atoms with E-state index in [2.05, 4.69) is 31.9 Å². The number of nitrogens with one attached hydrogen (secondary N) is 5. The number of hydrazine groups is 1. The number of carbonyl (C=O) groups excluding carboxylic acids is 4. The molecule has 51 heavy (non-hydrogen) atoms. The predicted molar refractivity (Wildman–Crippen MR) is 191 cm³/mol. The predicted octanol–water partition coefficient (Wildman–Crippen LogP) is 5.97. The van der Waals surface area contributed by atoms with E-state index in [9.17, 15) is 32.3 Å². The van der Waals surface area contributed by atoms with E-state index in [1.165, 1.54) is 22.9 Å². The van der Waals surface area contributed by atoms with Gasteiger partial charge in [-0.3, -0.25) is 29.9 Å². The summed E-state index contributed by atoms with van der Waals surface area (Å²) in [7, 11) is 0. The maximum Gasteiger partial charge on any atom is 0.416 e.